The van der Waals surface area contributed by atoms with Crippen LogP contribution in [-0.2, 0) is 10.0 Å². The first-order chi connectivity index (χ1) is 6.32. The number of hydrogen-bond acceptors (Lipinski definition) is 4. The number of sulfonamides is 1. The molecule has 0 aromatic heterocycles. The van der Waals surface area contributed by atoms with Crippen molar-refractivity contribution in [2.75, 3.05) is 5.73 Å². The van der Waals surface area contributed by atoms with Crippen molar-refractivity contribution in [1.29, 1.82) is 0 Å². The van der Waals surface area contributed by atoms with Gasteiger partial charge in [-0.2, -0.15) is 0 Å². The Kier molecular flexibility index (Phi) is 2.45. The average Bonchev–Trinajstić information content (AvgIpc) is 2.01. The number of nitrogen functional groups attached to an aromatic ring is 1. The number of anilines is 1. The van der Waals surface area contributed by atoms with Crippen molar-refractivity contribution in [3.63, 3.8) is 0 Å². The van der Waals surface area contributed by atoms with Crippen LogP contribution < -0.4 is 16.6 Å². The van der Waals surface area contributed by atoms with Crippen LogP contribution in [0.15, 0.2) is 23.1 Å². The van der Waals surface area contributed by atoms with E-state index < -0.39 is 15.9 Å². The lowest BCUT2D eigenvalue weighted by Gasteiger charge is -2.03. The fraction of sp³-hybridized carbons (Fsp3) is 0. The molecule has 0 saturated heterocycles. The topological polar surface area (TPSA) is 129 Å². The molecule has 0 atom stereocenters. The van der Waals surface area contributed by atoms with Gasteiger partial charge in [-0.25, -0.2) is 13.6 Å². The van der Waals surface area contributed by atoms with Gasteiger partial charge < -0.3 is 11.5 Å². The van der Waals surface area contributed by atoms with E-state index in [4.69, 9.17) is 16.6 Å². The number of primary sulfonamides is 1. The first-order valence-corrected chi connectivity index (χ1v) is 5.09. The number of benzene rings is 1. The van der Waals surface area contributed by atoms with Gasteiger partial charge in [0.1, 0.15) is 4.90 Å². The molecule has 1 amide bonds. The van der Waals surface area contributed by atoms with Crippen molar-refractivity contribution >= 4 is 21.6 Å². The molecule has 0 aliphatic rings. The highest BCUT2D eigenvalue weighted by Gasteiger charge is 2.13. The predicted octanol–water partition coefficient (Wildman–Crippen LogP) is -0.985. The van der Waals surface area contributed by atoms with Crippen molar-refractivity contribution in [2.45, 2.75) is 4.90 Å². The minimum Gasteiger partial charge on any atom is -0.398 e. The Labute approximate surface area is 80.7 Å². The zero-order valence-electron chi connectivity index (χ0n) is 7.10. The minimum absolute atomic E-state index is 0.0937. The molecular formula is C7H9N3O3S. The maximum absolute atomic E-state index is 10.9. The average molecular weight is 215 g/mol. The third kappa shape index (κ3) is 2.01. The number of primary amides is 1. The zero-order valence-corrected chi connectivity index (χ0v) is 7.91. The van der Waals surface area contributed by atoms with Crippen LogP contribution >= 0.6 is 0 Å². The first-order valence-electron chi connectivity index (χ1n) is 3.54. The lowest BCUT2D eigenvalue weighted by Crippen LogP contribution is -2.16. The summed E-state index contributed by atoms with van der Waals surface area (Å²) in [5, 5.41) is 4.86. The molecule has 76 valence electrons. The van der Waals surface area contributed by atoms with Crippen LogP contribution in [0.25, 0.3) is 0 Å². The summed E-state index contributed by atoms with van der Waals surface area (Å²) in [6, 6.07) is 3.56. The van der Waals surface area contributed by atoms with E-state index >= 15 is 0 Å². The molecule has 0 saturated carbocycles. The fourth-order valence-corrected chi connectivity index (χ4v) is 1.61. The molecule has 0 spiro atoms. The van der Waals surface area contributed by atoms with Crippen LogP contribution in [0.3, 0.4) is 0 Å². The van der Waals surface area contributed by atoms with E-state index in [1.54, 1.807) is 0 Å². The monoisotopic (exact) mass is 215 g/mol. The van der Waals surface area contributed by atoms with Gasteiger partial charge in [0, 0.05) is 5.56 Å². The molecular weight excluding hydrogens is 206 g/mol. The summed E-state index contributed by atoms with van der Waals surface area (Å²) in [4.78, 5) is 10.5. The van der Waals surface area contributed by atoms with Gasteiger partial charge in [0.15, 0.2) is 0 Å². The van der Waals surface area contributed by atoms with Gasteiger partial charge in [-0.3, -0.25) is 4.79 Å². The first kappa shape index (κ1) is 10.5. The number of rotatable bonds is 2. The molecule has 7 heteroatoms. The fourth-order valence-electron chi connectivity index (χ4n) is 0.961. The van der Waals surface area contributed by atoms with Crippen molar-refractivity contribution in [3.05, 3.63) is 23.8 Å². The van der Waals surface area contributed by atoms with Crippen molar-refractivity contribution in [1.82, 2.24) is 0 Å². The summed E-state index contributed by atoms with van der Waals surface area (Å²) in [7, 11) is -3.85. The molecule has 1 aromatic rings. The minimum atomic E-state index is -3.85. The summed E-state index contributed by atoms with van der Waals surface area (Å²) in [5.41, 5.74) is 10.4. The molecule has 0 unspecified atom stereocenters. The Balaban J connectivity index is 3.35. The Morgan fingerprint density at radius 3 is 2.21 bits per heavy atom. The largest absolute Gasteiger partial charge is 0.398 e. The van der Waals surface area contributed by atoms with Gasteiger partial charge in [-0.15, -0.1) is 0 Å². The Morgan fingerprint density at radius 1 is 1.29 bits per heavy atom. The molecule has 6 nitrogen and oxygen atoms in total. The second-order valence-corrected chi connectivity index (χ2v) is 4.19. The van der Waals surface area contributed by atoms with Crippen LogP contribution in [0, 0.1) is 0 Å². The van der Waals surface area contributed by atoms with E-state index in [0.29, 0.717) is 0 Å². The van der Waals surface area contributed by atoms with E-state index in [1.165, 1.54) is 12.1 Å². The van der Waals surface area contributed by atoms with Crippen molar-refractivity contribution < 1.29 is 13.2 Å². The van der Waals surface area contributed by atoms with Gasteiger partial charge in [0.25, 0.3) is 0 Å². The lowest BCUT2D eigenvalue weighted by atomic mass is 10.2. The SMILES string of the molecule is NC(=O)c1ccc(S(N)(=O)=O)c(N)c1. The zero-order chi connectivity index (χ0) is 10.9. The van der Waals surface area contributed by atoms with Gasteiger partial charge in [-0.1, -0.05) is 0 Å². The molecule has 1 aromatic carbocycles. The highest BCUT2D eigenvalue weighted by Crippen LogP contribution is 2.17. The molecule has 14 heavy (non-hydrogen) atoms. The standard InChI is InChI=1S/C7H9N3O3S/c8-5-3-4(7(9)11)1-2-6(5)14(10,12)13/h1-3H,8H2,(H2,9,11)(H2,10,12,13). The Hall–Kier alpha value is -1.60. The van der Waals surface area contributed by atoms with Gasteiger partial charge >= 0.3 is 0 Å². The van der Waals surface area contributed by atoms with Crippen LogP contribution in [0.4, 0.5) is 5.69 Å². The van der Waals surface area contributed by atoms with E-state index in [9.17, 15) is 13.2 Å². The van der Waals surface area contributed by atoms with Crippen LogP contribution in [0.5, 0.6) is 0 Å². The second-order valence-electron chi connectivity index (χ2n) is 2.66. The number of hydrogen-bond donors (Lipinski definition) is 3. The third-order valence-electron chi connectivity index (χ3n) is 1.60. The summed E-state index contributed by atoms with van der Waals surface area (Å²) < 4.78 is 21.8. The summed E-state index contributed by atoms with van der Waals surface area (Å²) in [6.07, 6.45) is 0. The van der Waals surface area contributed by atoms with E-state index in [0.717, 1.165) is 6.07 Å². The summed E-state index contributed by atoms with van der Waals surface area (Å²) in [6.45, 7) is 0. The number of nitrogens with two attached hydrogens (primary N) is 3. The summed E-state index contributed by atoms with van der Waals surface area (Å²) in [5.74, 6) is -0.683. The summed E-state index contributed by atoms with van der Waals surface area (Å²) >= 11 is 0. The Bertz CT molecular complexity index is 481. The molecule has 0 aliphatic carbocycles. The van der Waals surface area contributed by atoms with Gasteiger partial charge in [-0.05, 0) is 18.2 Å². The normalized spacial score (nSPS) is 11.2. The smallest absolute Gasteiger partial charge is 0.248 e. The molecule has 0 fully saturated rings. The predicted molar refractivity (Wildman–Crippen MR) is 50.7 cm³/mol. The van der Waals surface area contributed by atoms with E-state index in [1.807, 2.05) is 0 Å². The molecule has 0 bridgehead atoms. The van der Waals surface area contributed by atoms with E-state index in [-0.39, 0.29) is 16.1 Å². The highest BCUT2D eigenvalue weighted by atomic mass is 32.2. The van der Waals surface area contributed by atoms with Crippen LogP contribution in [0.2, 0.25) is 0 Å². The van der Waals surface area contributed by atoms with Crippen LogP contribution in [0.1, 0.15) is 10.4 Å². The van der Waals surface area contributed by atoms with E-state index in [2.05, 4.69) is 0 Å². The van der Waals surface area contributed by atoms with Crippen molar-refractivity contribution in [3.8, 4) is 0 Å². The van der Waals surface area contributed by atoms with Crippen molar-refractivity contribution in [2.24, 2.45) is 10.9 Å². The quantitative estimate of drug-likeness (QED) is 0.547. The molecule has 6 N–H and O–H groups in total. The van der Waals surface area contributed by atoms with Gasteiger partial charge in [0.05, 0.1) is 5.69 Å². The Morgan fingerprint density at radius 2 is 1.86 bits per heavy atom. The second kappa shape index (κ2) is 3.28. The highest BCUT2D eigenvalue weighted by molar-refractivity contribution is 7.89. The molecule has 0 heterocycles. The maximum atomic E-state index is 10.9. The molecule has 1 rings (SSSR count). The van der Waals surface area contributed by atoms with Gasteiger partial charge in [0.2, 0.25) is 15.9 Å². The third-order valence-corrected chi connectivity index (χ3v) is 2.59. The number of amides is 1. The number of carbonyl (C=O) groups is 1. The number of carbonyl (C=O) groups excluding carboxylic acids is 1. The maximum Gasteiger partial charge on any atom is 0.248 e. The van der Waals surface area contributed by atoms with Crippen LogP contribution in [-0.4, -0.2) is 14.3 Å². The lowest BCUT2D eigenvalue weighted by molar-refractivity contribution is 0.1000. The molecule has 0 aliphatic heterocycles. The molecule has 0 radical (unpaired) electrons.